The third-order valence-electron chi connectivity index (χ3n) is 7.23. The minimum Gasteiger partial charge on any atom is -0.493 e. The second-order valence-corrected chi connectivity index (χ2v) is 11.9. The number of carbonyl (C=O) groups excluding carboxylic acids is 1. The Kier molecular flexibility index (Phi) is 14.7. The van der Waals surface area contributed by atoms with Gasteiger partial charge in [-0.1, -0.05) is 107 Å². The smallest absolute Gasteiger partial charge is 0.228 e. The van der Waals surface area contributed by atoms with Crippen LogP contribution in [0.2, 0.25) is 5.02 Å². The summed E-state index contributed by atoms with van der Waals surface area (Å²) < 4.78 is 6.07. The highest BCUT2D eigenvalue weighted by Crippen LogP contribution is 2.26. The van der Waals surface area contributed by atoms with E-state index in [1.165, 1.54) is 81.9 Å². The molecule has 1 N–H and O–H groups in total. The SMILES string of the molecule is CCCCCCCCCCCCCCOc1cc(Cl)ccc1CC(=O)Nc1ccc(CN2CSC=C2C)cc1. The molecule has 0 bridgehead atoms. The van der Waals surface area contributed by atoms with E-state index in [2.05, 4.69) is 41.6 Å². The standard InChI is InChI=1S/C33H47ClN2O2S/c1-3-4-5-6-7-8-9-10-11-12-13-14-21-38-32-23-30(34)18-17-29(32)22-33(37)35-31-19-15-28(16-20-31)24-36-26-39-25-27(36)2/h15-20,23,25H,3-14,21-22,24,26H2,1-2H3,(H,35,37). The molecule has 0 fully saturated rings. The maximum Gasteiger partial charge on any atom is 0.228 e. The summed E-state index contributed by atoms with van der Waals surface area (Å²) in [6.07, 6.45) is 16.0. The van der Waals surface area contributed by atoms with E-state index in [1.807, 2.05) is 42.1 Å². The first-order valence-corrected chi connectivity index (χ1v) is 16.3. The predicted molar refractivity (Wildman–Crippen MR) is 169 cm³/mol. The van der Waals surface area contributed by atoms with Crippen LogP contribution < -0.4 is 10.1 Å². The van der Waals surface area contributed by atoms with Crippen molar-refractivity contribution in [3.8, 4) is 5.75 Å². The van der Waals surface area contributed by atoms with Crippen LogP contribution in [0.5, 0.6) is 5.75 Å². The van der Waals surface area contributed by atoms with Crippen molar-refractivity contribution < 1.29 is 9.53 Å². The highest BCUT2D eigenvalue weighted by molar-refractivity contribution is 8.02. The topological polar surface area (TPSA) is 41.6 Å². The average Bonchev–Trinajstić information content (AvgIpc) is 3.33. The Morgan fingerprint density at radius 3 is 2.18 bits per heavy atom. The van der Waals surface area contributed by atoms with Gasteiger partial charge in [-0.15, -0.1) is 11.8 Å². The first kappa shape index (κ1) is 31.4. The van der Waals surface area contributed by atoms with Crippen molar-refractivity contribution in [2.45, 2.75) is 104 Å². The molecule has 0 saturated heterocycles. The Morgan fingerprint density at radius 2 is 1.56 bits per heavy atom. The second-order valence-electron chi connectivity index (χ2n) is 10.7. The van der Waals surface area contributed by atoms with E-state index >= 15 is 0 Å². The van der Waals surface area contributed by atoms with E-state index < -0.39 is 0 Å². The van der Waals surface area contributed by atoms with Crippen LogP contribution in [-0.4, -0.2) is 23.3 Å². The first-order chi connectivity index (χ1) is 19.0. The van der Waals surface area contributed by atoms with E-state index in [1.54, 1.807) is 0 Å². The van der Waals surface area contributed by atoms with Gasteiger partial charge >= 0.3 is 0 Å². The van der Waals surface area contributed by atoms with Crippen molar-refractivity contribution in [3.05, 3.63) is 69.7 Å². The number of halogens is 1. The van der Waals surface area contributed by atoms with E-state index in [0.29, 0.717) is 17.4 Å². The third-order valence-corrected chi connectivity index (χ3v) is 8.43. The molecule has 4 nitrogen and oxygen atoms in total. The zero-order chi connectivity index (χ0) is 27.7. The summed E-state index contributed by atoms with van der Waals surface area (Å²) in [7, 11) is 0. The van der Waals surface area contributed by atoms with Crippen molar-refractivity contribution in [2.24, 2.45) is 0 Å². The predicted octanol–water partition coefficient (Wildman–Crippen LogP) is 9.97. The number of amides is 1. The zero-order valence-corrected chi connectivity index (χ0v) is 25.6. The molecule has 0 spiro atoms. The number of anilines is 1. The molecule has 0 aliphatic carbocycles. The number of thioether (sulfide) groups is 1. The van der Waals surface area contributed by atoms with E-state index in [-0.39, 0.29) is 12.3 Å². The van der Waals surface area contributed by atoms with Crippen molar-refractivity contribution in [2.75, 3.05) is 17.8 Å². The van der Waals surface area contributed by atoms with Crippen LogP contribution in [0.3, 0.4) is 0 Å². The van der Waals surface area contributed by atoms with E-state index in [0.717, 1.165) is 30.1 Å². The van der Waals surface area contributed by atoms with E-state index in [4.69, 9.17) is 16.3 Å². The molecule has 1 amide bonds. The molecule has 0 radical (unpaired) electrons. The van der Waals surface area contributed by atoms with Crippen molar-refractivity contribution in [1.82, 2.24) is 4.90 Å². The van der Waals surface area contributed by atoms with Crippen LogP contribution in [-0.2, 0) is 17.8 Å². The minimum absolute atomic E-state index is 0.0602. The fraction of sp³-hybridized carbons (Fsp3) is 0.545. The molecule has 1 heterocycles. The Morgan fingerprint density at radius 1 is 0.923 bits per heavy atom. The number of allylic oxidation sites excluding steroid dienone is 1. The molecule has 39 heavy (non-hydrogen) atoms. The molecule has 0 saturated carbocycles. The molecular formula is C33H47ClN2O2S. The molecule has 2 aromatic carbocycles. The molecule has 214 valence electrons. The molecule has 1 aliphatic heterocycles. The normalized spacial score (nSPS) is 13.0. The summed E-state index contributed by atoms with van der Waals surface area (Å²) in [6.45, 7) is 5.95. The van der Waals surface area contributed by atoms with Gasteiger partial charge in [0.1, 0.15) is 5.75 Å². The fourth-order valence-corrected chi connectivity index (χ4v) is 5.92. The Balaban J connectivity index is 1.33. The summed E-state index contributed by atoms with van der Waals surface area (Å²) in [6, 6.07) is 13.7. The quantitative estimate of drug-likeness (QED) is 0.171. The molecule has 0 atom stereocenters. The third kappa shape index (κ3) is 12.3. The largest absolute Gasteiger partial charge is 0.493 e. The van der Waals surface area contributed by atoms with E-state index in [9.17, 15) is 4.79 Å². The van der Waals surface area contributed by atoms with Gasteiger partial charge in [-0.3, -0.25) is 4.79 Å². The Hall–Kier alpha value is -2.11. The summed E-state index contributed by atoms with van der Waals surface area (Å²) >= 11 is 8.06. The number of rotatable bonds is 19. The number of hydrogen-bond donors (Lipinski definition) is 1. The van der Waals surface area contributed by atoms with Crippen LogP contribution in [0.25, 0.3) is 0 Å². The van der Waals surface area contributed by atoms with Crippen LogP contribution in [0.15, 0.2) is 53.6 Å². The van der Waals surface area contributed by atoms with Gasteiger partial charge < -0.3 is 15.0 Å². The highest BCUT2D eigenvalue weighted by Gasteiger charge is 2.13. The van der Waals surface area contributed by atoms with Crippen LogP contribution in [0.4, 0.5) is 5.69 Å². The number of benzene rings is 2. The summed E-state index contributed by atoms with van der Waals surface area (Å²) in [5.41, 5.74) is 4.20. The van der Waals surface area contributed by atoms with Gasteiger partial charge in [0.15, 0.2) is 0 Å². The Bertz CT molecular complexity index is 1020. The van der Waals surface area contributed by atoms with Gasteiger partial charge in [-0.25, -0.2) is 0 Å². The summed E-state index contributed by atoms with van der Waals surface area (Å²) in [4.78, 5) is 15.1. The van der Waals surface area contributed by atoms with Crippen molar-refractivity contribution in [1.29, 1.82) is 0 Å². The highest BCUT2D eigenvalue weighted by atomic mass is 35.5. The van der Waals surface area contributed by atoms with Crippen LogP contribution in [0.1, 0.15) is 102 Å². The lowest BCUT2D eigenvalue weighted by atomic mass is 10.1. The number of ether oxygens (including phenoxy) is 1. The maximum atomic E-state index is 12.8. The van der Waals surface area contributed by atoms with Gasteiger partial charge in [0.2, 0.25) is 5.91 Å². The number of nitrogens with one attached hydrogen (secondary N) is 1. The molecule has 2 aromatic rings. The molecule has 3 rings (SSSR count). The van der Waals surface area contributed by atoms with Crippen LogP contribution >= 0.6 is 23.4 Å². The molecule has 1 aliphatic rings. The number of unbranched alkanes of at least 4 members (excludes halogenated alkanes) is 11. The van der Waals surface area contributed by atoms with Crippen molar-refractivity contribution >= 4 is 35.0 Å². The summed E-state index contributed by atoms with van der Waals surface area (Å²) in [5, 5.41) is 5.85. The zero-order valence-electron chi connectivity index (χ0n) is 24.0. The molecule has 0 aromatic heterocycles. The average molecular weight is 571 g/mol. The van der Waals surface area contributed by atoms with Gasteiger partial charge in [0.05, 0.1) is 18.9 Å². The fourth-order valence-electron chi connectivity index (χ4n) is 4.82. The van der Waals surface area contributed by atoms with Crippen molar-refractivity contribution in [3.63, 3.8) is 0 Å². The maximum absolute atomic E-state index is 12.8. The molecule has 6 heteroatoms. The van der Waals surface area contributed by atoms with Gasteiger partial charge in [-0.05, 0) is 48.6 Å². The molecular weight excluding hydrogens is 524 g/mol. The minimum atomic E-state index is -0.0602. The first-order valence-electron chi connectivity index (χ1n) is 14.9. The number of carbonyl (C=O) groups is 1. The van der Waals surface area contributed by atoms with Gasteiger partial charge in [-0.2, -0.15) is 0 Å². The summed E-state index contributed by atoms with van der Waals surface area (Å²) in [5.74, 6) is 1.65. The monoisotopic (exact) mass is 570 g/mol. The molecule has 0 unspecified atom stereocenters. The number of nitrogens with zero attached hydrogens (tertiary/aromatic N) is 1. The second kappa shape index (κ2) is 18.3. The lowest BCUT2D eigenvalue weighted by Gasteiger charge is -2.19. The van der Waals surface area contributed by atoms with Gasteiger partial charge in [0.25, 0.3) is 0 Å². The number of hydrogen-bond acceptors (Lipinski definition) is 4. The lowest BCUT2D eigenvalue weighted by molar-refractivity contribution is -0.115. The van der Waals surface area contributed by atoms with Gasteiger partial charge in [0, 0.05) is 28.5 Å². The Labute approximate surface area is 245 Å². The van der Waals surface area contributed by atoms with Crippen LogP contribution in [0, 0.1) is 0 Å². The lowest BCUT2D eigenvalue weighted by Crippen LogP contribution is -2.17.